The molecule has 1 atom stereocenters. The molecule has 1 unspecified atom stereocenters. The molecule has 1 aliphatic rings. The third-order valence-corrected chi connectivity index (χ3v) is 3.38. The number of carbonyl (C=O) groups is 1. The van der Waals surface area contributed by atoms with Gasteiger partial charge in [0.2, 0.25) is 5.91 Å². The highest BCUT2D eigenvalue weighted by Crippen LogP contribution is 2.25. The first kappa shape index (κ1) is 12.5. The van der Waals surface area contributed by atoms with Gasteiger partial charge in [-0.15, -0.1) is 0 Å². The standard InChI is InChI=1S/C11H22N2O2/c1-5-13-8-11(2,3)12(4)9(6-7-14)10(13)15/h9,14H,5-8H2,1-4H3. The van der Waals surface area contributed by atoms with E-state index in [-0.39, 0.29) is 24.1 Å². The molecule has 0 aliphatic carbocycles. The summed E-state index contributed by atoms with van der Waals surface area (Å²) in [5, 5.41) is 8.99. The Morgan fingerprint density at radius 1 is 1.53 bits per heavy atom. The van der Waals surface area contributed by atoms with Gasteiger partial charge in [-0.2, -0.15) is 0 Å². The summed E-state index contributed by atoms with van der Waals surface area (Å²) in [6.07, 6.45) is 0.523. The second-order valence-electron chi connectivity index (χ2n) is 4.80. The second-order valence-corrected chi connectivity index (χ2v) is 4.80. The van der Waals surface area contributed by atoms with Gasteiger partial charge in [-0.05, 0) is 34.2 Å². The molecule has 0 aromatic heterocycles. The fourth-order valence-electron chi connectivity index (χ4n) is 2.16. The van der Waals surface area contributed by atoms with Crippen LogP contribution in [0.3, 0.4) is 0 Å². The van der Waals surface area contributed by atoms with E-state index in [1.165, 1.54) is 0 Å². The molecule has 0 spiro atoms. The third-order valence-electron chi connectivity index (χ3n) is 3.38. The van der Waals surface area contributed by atoms with Gasteiger partial charge in [-0.1, -0.05) is 0 Å². The first-order valence-electron chi connectivity index (χ1n) is 5.56. The Hall–Kier alpha value is -0.610. The highest BCUT2D eigenvalue weighted by molar-refractivity contribution is 5.83. The van der Waals surface area contributed by atoms with Crippen molar-refractivity contribution in [1.29, 1.82) is 0 Å². The molecule has 0 saturated carbocycles. The average molecular weight is 214 g/mol. The number of nitrogens with zero attached hydrogens (tertiary/aromatic N) is 2. The molecule has 0 radical (unpaired) electrons. The quantitative estimate of drug-likeness (QED) is 0.735. The smallest absolute Gasteiger partial charge is 0.240 e. The molecule has 0 aromatic carbocycles. The number of rotatable bonds is 3. The molecular weight excluding hydrogens is 192 g/mol. The van der Waals surface area contributed by atoms with Crippen LogP contribution in [0.4, 0.5) is 0 Å². The van der Waals surface area contributed by atoms with Gasteiger partial charge in [0.15, 0.2) is 0 Å². The van der Waals surface area contributed by atoms with Crippen LogP contribution < -0.4 is 0 Å². The zero-order chi connectivity index (χ0) is 11.6. The highest BCUT2D eigenvalue weighted by atomic mass is 16.3. The van der Waals surface area contributed by atoms with E-state index in [0.29, 0.717) is 6.42 Å². The lowest BCUT2D eigenvalue weighted by molar-refractivity contribution is -0.148. The van der Waals surface area contributed by atoms with Gasteiger partial charge in [0.25, 0.3) is 0 Å². The summed E-state index contributed by atoms with van der Waals surface area (Å²) in [6, 6.07) is -0.168. The van der Waals surface area contributed by atoms with Crippen molar-refractivity contribution in [2.75, 3.05) is 26.7 Å². The second kappa shape index (κ2) is 4.49. The Morgan fingerprint density at radius 3 is 2.60 bits per heavy atom. The first-order valence-corrected chi connectivity index (χ1v) is 5.56. The Kier molecular flexibility index (Phi) is 3.73. The zero-order valence-corrected chi connectivity index (χ0v) is 10.2. The molecule has 1 amide bonds. The number of amides is 1. The molecule has 15 heavy (non-hydrogen) atoms. The van der Waals surface area contributed by atoms with Crippen LogP contribution in [0.2, 0.25) is 0 Å². The van der Waals surface area contributed by atoms with Crippen LogP contribution in [-0.2, 0) is 4.79 Å². The predicted molar refractivity (Wildman–Crippen MR) is 59.6 cm³/mol. The Bertz CT molecular complexity index is 241. The summed E-state index contributed by atoms with van der Waals surface area (Å²) in [4.78, 5) is 16.0. The SMILES string of the molecule is CCN1CC(C)(C)N(C)C(CCO)C1=O. The van der Waals surface area contributed by atoms with E-state index in [0.717, 1.165) is 13.1 Å². The minimum atomic E-state index is -0.168. The van der Waals surface area contributed by atoms with Gasteiger partial charge in [-0.25, -0.2) is 0 Å². The number of likely N-dealkylation sites (N-methyl/N-ethyl adjacent to an activating group) is 2. The molecule has 1 rings (SSSR count). The lowest BCUT2D eigenvalue weighted by Gasteiger charge is -2.49. The number of hydrogen-bond donors (Lipinski definition) is 1. The maximum Gasteiger partial charge on any atom is 0.240 e. The van der Waals surface area contributed by atoms with Crippen molar-refractivity contribution in [3.05, 3.63) is 0 Å². The van der Waals surface area contributed by atoms with Crippen molar-refractivity contribution < 1.29 is 9.90 Å². The first-order chi connectivity index (χ1) is 6.94. The molecule has 1 heterocycles. The van der Waals surface area contributed by atoms with Gasteiger partial charge in [0, 0.05) is 25.2 Å². The van der Waals surface area contributed by atoms with Crippen LogP contribution in [0.15, 0.2) is 0 Å². The molecule has 1 N–H and O–H groups in total. The summed E-state index contributed by atoms with van der Waals surface area (Å²) in [6.45, 7) is 7.83. The Balaban J connectivity index is 2.87. The van der Waals surface area contributed by atoms with Gasteiger partial charge < -0.3 is 10.0 Å². The van der Waals surface area contributed by atoms with Crippen LogP contribution in [0.1, 0.15) is 27.2 Å². The lowest BCUT2D eigenvalue weighted by Crippen LogP contribution is -2.65. The number of aliphatic hydroxyl groups is 1. The maximum atomic E-state index is 12.0. The van der Waals surface area contributed by atoms with Gasteiger partial charge in [0.05, 0.1) is 6.04 Å². The van der Waals surface area contributed by atoms with E-state index in [9.17, 15) is 4.79 Å². The third kappa shape index (κ3) is 2.32. The van der Waals surface area contributed by atoms with Crippen LogP contribution in [0.25, 0.3) is 0 Å². The molecule has 0 aromatic rings. The van der Waals surface area contributed by atoms with Crippen molar-refractivity contribution in [1.82, 2.24) is 9.80 Å². The summed E-state index contributed by atoms with van der Waals surface area (Å²) in [5.74, 6) is 0.147. The monoisotopic (exact) mass is 214 g/mol. The summed E-state index contributed by atoms with van der Waals surface area (Å²) in [7, 11) is 1.96. The number of hydrogen-bond acceptors (Lipinski definition) is 3. The molecule has 88 valence electrons. The Morgan fingerprint density at radius 2 is 2.13 bits per heavy atom. The summed E-state index contributed by atoms with van der Waals surface area (Å²) < 4.78 is 0. The number of aliphatic hydroxyl groups excluding tert-OH is 1. The molecule has 1 fully saturated rings. The average Bonchev–Trinajstić information content (AvgIpc) is 2.19. The van der Waals surface area contributed by atoms with Crippen LogP contribution in [0, 0.1) is 0 Å². The van der Waals surface area contributed by atoms with Crippen LogP contribution in [0.5, 0.6) is 0 Å². The highest BCUT2D eigenvalue weighted by Gasteiger charge is 2.41. The van der Waals surface area contributed by atoms with E-state index in [4.69, 9.17) is 5.11 Å². The van der Waals surface area contributed by atoms with Crippen molar-refractivity contribution in [2.24, 2.45) is 0 Å². The number of carbonyl (C=O) groups excluding carboxylic acids is 1. The van der Waals surface area contributed by atoms with E-state index in [1.54, 1.807) is 0 Å². The van der Waals surface area contributed by atoms with Crippen molar-refractivity contribution in [2.45, 2.75) is 38.8 Å². The molecular formula is C11H22N2O2. The van der Waals surface area contributed by atoms with Gasteiger partial charge >= 0.3 is 0 Å². The van der Waals surface area contributed by atoms with E-state index >= 15 is 0 Å². The summed E-state index contributed by atoms with van der Waals surface area (Å²) in [5.41, 5.74) is -0.0102. The van der Waals surface area contributed by atoms with Gasteiger partial charge in [-0.3, -0.25) is 9.69 Å². The normalized spacial score (nSPS) is 27.1. The number of piperazine rings is 1. The minimum Gasteiger partial charge on any atom is -0.396 e. The van der Waals surface area contributed by atoms with Crippen molar-refractivity contribution in [3.63, 3.8) is 0 Å². The largest absolute Gasteiger partial charge is 0.396 e. The van der Waals surface area contributed by atoms with Crippen LogP contribution in [-0.4, -0.2) is 59.1 Å². The molecule has 0 bridgehead atoms. The zero-order valence-electron chi connectivity index (χ0n) is 10.2. The summed E-state index contributed by atoms with van der Waals surface area (Å²) >= 11 is 0. The minimum absolute atomic E-state index is 0.0102. The predicted octanol–water partition coefficient (Wildman–Crippen LogP) is 0.310. The molecule has 4 heteroatoms. The van der Waals surface area contributed by atoms with Crippen molar-refractivity contribution in [3.8, 4) is 0 Å². The fraction of sp³-hybridized carbons (Fsp3) is 0.909. The van der Waals surface area contributed by atoms with Crippen molar-refractivity contribution >= 4 is 5.91 Å². The van der Waals surface area contributed by atoms with E-state index in [2.05, 4.69) is 18.7 Å². The van der Waals surface area contributed by atoms with E-state index in [1.807, 2.05) is 18.9 Å². The fourth-order valence-corrected chi connectivity index (χ4v) is 2.16. The molecule has 4 nitrogen and oxygen atoms in total. The Labute approximate surface area is 91.9 Å². The lowest BCUT2D eigenvalue weighted by atomic mass is 9.94. The maximum absolute atomic E-state index is 12.0. The molecule has 1 aliphatic heterocycles. The molecule has 1 saturated heterocycles. The van der Waals surface area contributed by atoms with Gasteiger partial charge in [0.1, 0.15) is 0 Å². The van der Waals surface area contributed by atoms with Crippen LogP contribution >= 0.6 is 0 Å². The van der Waals surface area contributed by atoms with E-state index < -0.39 is 0 Å². The topological polar surface area (TPSA) is 43.8 Å².